The molecule has 2 aromatic rings. The van der Waals surface area contributed by atoms with Crippen LogP contribution in [0.3, 0.4) is 0 Å². The number of carbonyl (C=O) groups excluding carboxylic acids is 1. The van der Waals surface area contributed by atoms with Crippen molar-refractivity contribution >= 4 is 11.7 Å². The second-order valence-electron chi connectivity index (χ2n) is 3.70. The zero-order valence-electron chi connectivity index (χ0n) is 9.34. The van der Waals surface area contributed by atoms with Crippen molar-refractivity contribution in [3.8, 4) is 0 Å². The third-order valence-electron chi connectivity index (χ3n) is 2.03. The van der Waals surface area contributed by atoms with Gasteiger partial charge in [0.2, 0.25) is 0 Å². The van der Waals surface area contributed by atoms with Gasteiger partial charge >= 0.3 is 5.97 Å². The minimum atomic E-state index is -0.391. The summed E-state index contributed by atoms with van der Waals surface area (Å²) >= 11 is 0. The van der Waals surface area contributed by atoms with E-state index < -0.39 is 5.97 Å². The van der Waals surface area contributed by atoms with E-state index in [4.69, 9.17) is 4.74 Å². The number of nitrogens with zero attached hydrogens (tertiary/aromatic N) is 4. The van der Waals surface area contributed by atoms with Crippen LogP contribution < -0.4 is 0 Å². The zero-order valence-corrected chi connectivity index (χ0v) is 9.34. The van der Waals surface area contributed by atoms with E-state index in [2.05, 4.69) is 15.1 Å². The van der Waals surface area contributed by atoms with Crippen LogP contribution >= 0.6 is 0 Å². The van der Waals surface area contributed by atoms with Crippen molar-refractivity contribution in [1.82, 2.24) is 19.6 Å². The van der Waals surface area contributed by atoms with Crippen LogP contribution in [0.5, 0.6) is 0 Å². The fourth-order valence-corrected chi connectivity index (χ4v) is 1.32. The van der Waals surface area contributed by atoms with Gasteiger partial charge in [-0.3, -0.25) is 0 Å². The second kappa shape index (κ2) is 3.88. The molecule has 2 aromatic heterocycles. The molecule has 0 atom stereocenters. The number of hydrogen-bond acceptors (Lipinski definition) is 5. The maximum Gasteiger partial charge on any atom is 0.341 e. The second-order valence-corrected chi connectivity index (χ2v) is 3.70. The first-order chi connectivity index (χ1) is 7.58. The van der Waals surface area contributed by atoms with E-state index in [9.17, 15) is 4.79 Å². The van der Waals surface area contributed by atoms with E-state index in [0.717, 1.165) is 0 Å². The Kier molecular flexibility index (Phi) is 2.55. The number of fused-ring (bicyclic) bond motifs is 1. The highest BCUT2D eigenvalue weighted by Crippen LogP contribution is 2.09. The van der Waals surface area contributed by atoms with E-state index in [-0.39, 0.29) is 6.10 Å². The molecular weight excluding hydrogens is 208 g/mol. The smallest absolute Gasteiger partial charge is 0.341 e. The summed E-state index contributed by atoms with van der Waals surface area (Å²) in [6.07, 6.45) is 2.81. The molecule has 6 heteroatoms. The van der Waals surface area contributed by atoms with Gasteiger partial charge in [-0.2, -0.15) is 10.1 Å². The van der Waals surface area contributed by atoms with Gasteiger partial charge in [0.05, 0.1) is 17.4 Å². The quantitative estimate of drug-likeness (QED) is 0.706. The predicted molar refractivity (Wildman–Crippen MR) is 56.1 cm³/mol. The molecule has 16 heavy (non-hydrogen) atoms. The van der Waals surface area contributed by atoms with E-state index in [0.29, 0.717) is 17.0 Å². The summed E-state index contributed by atoms with van der Waals surface area (Å²) in [7, 11) is 0. The molecule has 0 aliphatic carbocycles. The fourth-order valence-electron chi connectivity index (χ4n) is 1.32. The molecule has 0 unspecified atom stereocenters. The standard InChI is InChI=1S/C10H12N4O2/c1-6(2)16-9(15)8-4-14-10(11-5-12-14)13-7(8)3/h4-6H,1-3H3. The average Bonchev–Trinajstić information content (AvgIpc) is 2.61. The lowest BCUT2D eigenvalue weighted by Gasteiger charge is -2.09. The molecule has 0 aliphatic rings. The number of aromatic nitrogens is 4. The average molecular weight is 220 g/mol. The van der Waals surface area contributed by atoms with Crippen LogP contribution in [0, 0.1) is 6.92 Å². The van der Waals surface area contributed by atoms with Crippen molar-refractivity contribution in [2.45, 2.75) is 26.9 Å². The summed E-state index contributed by atoms with van der Waals surface area (Å²) in [4.78, 5) is 19.8. The van der Waals surface area contributed by atoms with Gasteiger partial charge in [0, 0.05) is 6.20 Å². The van der Waals surface area contributed by atoms with E-state index in [1.807, 2.05) is 0 Å². The van der Waals surface area contributed by atoms with Crippen LogP contribution in [0.1, 0.15) is 29.9 Å². The first-order valence-electron chi connectivity index (χ1n) is 4.96. The lowest BCUT2D eigenvalue weighted by molar-refractivity contribution is 0.0375. The third-order valence-corrected chi connectivity index (χ3v) is 2.03. The Labute approximate surface area is 92.3 Å². The minimum Gasteiger partial charge on any atom is -0.459 e. The summed E-state index contributed by atoms with van der Waals surface area (Å²) < 4.78 is 6.55. The Morgan fingerprint density at radius 3 is 2.94 bits per heavy atom. The maximum atomic E-state index is 11.7. The zero-order chi connectivity index (χ0) is 11.7. The van der Waals surface area contributed by atoms with Gasteiger partial charge in [0.1, 0.15) is 6.33 Å². The van der Waals surface area contributed by atoms with E-state index in [1.165, 1.54) is 10.8 Å². The lowest BCUT2D eigenvalue weighted by Crippen LogP contribution is -2.14. The van der Waals surface area contributed by atoms with Gasteiger partial charge in [0.15, 0.2) is 0 Å². The molecule has 0 bridgehead atoms. The topological polar surface area (TPSA) is 69.4 Å². The Morgan fingerprint density at radius 2 is 2.25 bits per heavy atom. The summed E-state index contributed by atoms with van der Waals surface area (Å²) in [5.41, 5.74) is 0.998. The molecule has 0 amide bonds. The van der Waals surface area contributed by atoms with Gasteiger partial charge in [-0.05, 0) is 20.8 Å². The molecule has 0 fully saturated rings. The number of esters is 1. The summed E-state index contributed by atoms with van der Waals surface area (Å²) in [5, 5.41) is 3.92. The highest BCUT2D eigenvalue weighted by Gasteiger charge is 2.15. The molecule has 0 aromatic carbocycles. The van der Waals surface area contributed by atoms with Gasteiger partial charge in [-0.15, -0.1) is 0 Å². The van der Waals surface area contributed by atoms with Crippen molar-refractivity contribution in [2.24, 2.45) is 0 Å². The Morgan fingerprint density at radius 1 is 1.50 bits per heavy atom. The van der Waals surface area contributed by atoms with Crippen molar-refractivity contribution in [1.29, 1.82) is 0 Å². The molecule has 0 radical (unpaired) electrons. The molecule has 0 aliphatic heterocycles. The molecule has 84 valence electrons. The van der Waals surface area contributed by atoms with Crippen molar-refractivity contribution < 1.29 is 9.53 Å². The Hall–Kier alpha value is -1.98. The SMILES string of the molecule is Cc1nc2ncnn2cc1C(=O)OC(C)C. The minimum absolute atomic E-state index is 0.154. The Bertz CT molecular complexity index is 533. The van der Waals surface area contributed by atoms with Crippen LogP contribution in [0.25, 0.3) is 5.78 Å². The van der Waals surface area contributed by atoms with Gasteiger partial charge in [0.25, 0.3) is 5.78 Å². The molecule has 2 rings (SSSR count). The molecule has 0 N–H and O–H groups in total. The maximum absolute atomic E-state index is 11.7. The van der Waals surface area contributed by atoms with Crippen molar-refractivity contribution in [2.75, 3.05) is 0 Å². The van der Waals surface area contributed by atoms with Gasteiger partial charge in [-0.25, -0.2) is 14.3 Å². The molecule has 0 spiro atoms. The van der Waals surface area contributed by atoms with Crippen LogP contribution in [0.2, 0.25) is 0 Å². The van der Waals surface area contributed by atoms with Crippen LogP contribution in [-0.4, -0.2) is 31.7 Å². The van der Waals surface area contributed by atoms with Crippen LogP contribution in [-0.2, 0) is 4.74 Å². The highest BCUT2D eigenvalue weighted by molar-refractivity contribution is 5.90. The van der Waals surface area contributed by atoms with Crippen molar-refractivity contribution in [3.05, 3.63) is 23.8 Å². The monoisotopic (exact) mass is 220 g/mol. The fraction of sp³-hybridized carbons (Fsp3) is 0.400. The van der Waals surface area contributed by atoms with Crippen molar-refractivity contribution in [3.63, 3.8) is 0 Å². The largest absolute Gasteiger partial charge is 0.459 e. The number of rotatable bonds is 2. The van der Waals surface area contributed by atoms with Gasteiger partial charge in [-0.1, -0.05) is 0 Å². The predicted octanol–water partition coefficient (Wildman–Crippen LogP) is 0.998. The molecule has 0 saturated carbocycles. The summed E-state index contributed by atoms with van der Waals surface area (Å²) in [6, 6.07) is 0. The number of hydrogen-bond donors (Lipinski definition) is 0. The van der Waals surface area contributed by atoms with Crippen LogP contribution in [0.15, 0.2) is 12.5 Å². The number of aryl methyl sites for hydroxylation is 1. The van der Waals surface area contributed by atoms with Crippen LogP contribution in [0.4, 0.5) is 0 Å². The Balaban J connectivity index is 2.43. The summed E-state index contributed by atoms with van der Waals surface area (Å²) in [6.45, 7) is 5.34. The molecule has 0 saturated heterocycles. The normalized spacial score (nSPS) is 11.0. The molecule has 6 nitrogen and oxygen atoms in total. The summed E-state index contributed by atoms with van der Waals surface area (Å²) in [5.74, 6) is 0.0796. The highest BCUT2D eigenvalue weighted by atomic mass is 16.5. The third kappa shape index (κ3) is 1.86. The number of carbonyl (C=O) groups is 1. The molecular formula is C10H12N4O2. The molecule has 2 heterocycles. The number of ether oxygens (including phenoxy) is 1. The van der Waals surface area contributed by atoms with Gasteiger partial charge < -0.3 is 4.74 Å². The first-order valence-corrected chi connectivity index (χ1v) is 4.96. The van der Waals surface area contributed by atoms with E-state index >= 15 is 0 Å². The van der Waals surface area contributed by atoms with E-state index in [1.54, 1.807) is 27.0 Å². The lowest BCUT2D eigenvalue weighted by atomic mass is 10.2. The first kappa shape index (κ1) is 10.5.